The highest BCUT2D eigenvalue weighted by Gasteiger charge is 2.23. The van der Waals surface area contributed by atoms with Gasteiger partial charge < -0.3 is 28.8 Å². The maximum Gasteiger partial charge on any atom is 0.268 e. The molecule has 0 saturated heterocycles. The van der Waals surface area contributed by atoms with E-state index in [2.05, 4.69) is 67.8 Å². The SMILES string of the molecule is CCCCCCC/C=C\C/C=C\C/C=C\CCCCCCCCCCCCC(=O)NC(COP(=O)([O-])OCC[N+](C)(C)C)C(O)/C=C/CC/C=C/CCCCCCCCCCCCCCCCCCCCCCCCCCC. The number of phosphoric ester groups is 1. The number of nitrogens with zero attached hydrogens (tertiary/aromatic N) is 1. The summed E-state index contributed by atoms with van der Waals surface area (Å²) in [5.41, 5.74) is 0. The summed E-state index contributed by atoms with van der Waals surface area (Å²) in [4.78, 5) is 25.6. The van der Waals surface area contributed by atoms with Gasteiger partial charge in [-0.3, -0.25) is 9.36 Å². The minimum atomic E-state index is -4.61. The minimum Gasteiger partial charge on any atom is -0.756 e. The van der Waals surface area contributed by atoms with Gasteiger partial charge in [-0.05, 0) is 70.6 Å². The van der Waals surface area contributed by atoms with Gasteiger partial charge in [0.25, 0.3) is 7.82 Å². The van der Waals surface area contributed by atoms with Crippen LogP contribution < -0.4 is 10.2 Å². The molecule has 8 nitrogen and oxygen atoms in total. The highest BCUT2D eigenvalue weighted by atomic mass is 31.2. The molecule has 0 heterocycles. The van der Waals surface area contributed by atoms with Crippen LogP contribution in [0.1, 0.15) is 322 Å². The van der Waals surface area contributed by atoms with E-state index in [0.29, 0.717) is 17.4 Å². The zero-order valence-corrected chi connectivity index (χ0v) is 53.3. The molecule has 2 N–H and O–H groups in total. The first kappa shape index (κ1) is 76.2. The van der Waals surface area contributed by atoms with Crippen LogP contribution >= 0.6 is 7.82 Å². The van der Waals surface area contributed by atoms with Gasteiger partial charge in [0.2, 0.25) is 5.91 Å². The molecule has 0 aliphatic heterocycles. The molecule has 1 amide bonds. The van der Waals surface area contributed by atoms with Crippen molar-refractivity contribution in [3.63, 3.8) is 0 Å². The quantitative estimate of drug-likeness (QED) is 0.0272. The van der Waals surface area contributed by atoms with Crippen molar-refractivity contribution in [2.75, 3.05) is 40.9 Å². The molecule has 3 atom stereocenters. The molecule has 0 radical (unpaired) electrons. The van der Waals surface area contributed by atoms with E-state index in [1.165, 1.54) is 250 Å². The summed E-state index contributed by atoms with van der Waals surface area (Å²) < 4.78 is 23.4. The molecule has 0 saturated carbocycles. The number of quaternary nitrogens is 1. The van der Waals surface area contributed by atoms with Crippen molar-refractivity contribution in [3.8, 4) is 0 Å². The van der Waals surface area contributed by atoms with E-state index in [4.69, 9.17) is 9.05 Å². The van der Waals surface area contributed by atoms with Gasteiger partial charge in [-0.15, -0.1) is 0 Å². The smallest absolute Gasteiger partial charge is 0.268 e. The number of carbonyl (C=O) groups excluding carboxylic acids is 1. The predicted octanol–water partition coefficient (Wildman–Crippen LogP) is 20.6. The predicted molar refractivity (Wildman–Crippen MR) is 339 cm³/mol. The average Bonchev–Trinajstić information content (AvgIpc) is 3.41. The number of hydrogen-bond acceptors (Lipinski definition) is 6. The number of phosphoric acid groups is 1. The second-order valence-electron chi connectivity index (χ2n) is 24.2. The summed E-state index contributed by atoms with van der Waals surface area (Å²) in [5.74, 6) is -0.209. The number of likely N-dealkylation sites (N-methyl/N-ethyl adjacent to an activating group) is 1. The number of rotatable bonds is 62. The highest BCUT2D eigenvalue weighted by molar-refractivity contribution is 7.45. The Balaban J connectivity index is 4.14. The number of aliphatic hydroxyl groups excluding tert-OH is 1. The van der Waals surface area contributed by atoms with Gasteiger partial charge in [0.15, 0.2) is 0 Å². The van der Waals surface area contributed by atoms with E-state index in [1.807, 2.05) is 27.2 Å². The molecule has 78 heavy (non-hydrogen) atoms. The first-order valence-electron chi connectivity index (χ1n) is 33.7. The molecule has 0 rings (SSSR count). The second kappa shape index (κ2) is 59.8. The van der Waals surface area contributed by atoms with Crippen LogP contribution in [0.3, 0.4) is 0 Å². The van der Waals surface area contributed by atoms with Crippen molar-refractivity contribution in [1.29, 1.82) is 0 Å². The van der Waals surface area contributed by atoms with Crippen molar-refractivity contribution in [3.05, 3.63) is 60.8 Å². The number of carbonyl (C=O) groups is 1. The summed E-state index contributed by atoms with van der Waals surface area (Å²) in [6, 6.07) is -0.910. The first-order valence-corrected chi connectivity index (χ1v) is 35.1. The van der Waals surface area contributed by atoms with E-state index in [9.17, 15) is 19.4 Å². The Morgan fingerprint density at radius 1 is 0.449 bits per heavy atom. The molecular weight excluding hydrogens is 984 g/mol. The summed E-state index contributed by atoms with van der Waals surface area (Å²) in [5, 5.41) is 13.9. The van der Waals surface area contributed by atoms with Gasteiger partial charge in [0, 0.05) is 6.42 Å². The fourth-order valence-electron chi connectivity index (χ4n) is 9.94. The third kappa shape index (κ3) is 61.8. The molecule has 0 aromatic heterocycles. The monoisotopic (exact) mass is 1110 g/mol. The molecule has 9 heteroatoms. The van der Waals surface area contributed by atoms with Gasteiger partial charge in [-0.2, -0.15) is 0 Å². The van der Waals surface area contributed by atoms with E-state index in [-0.39, 0.29) is 12.5 Å². The standard InChI is InChI=1S/C69H131N2O6P/c1-6-8-10-12-14-16-18-20-22-24-26-28-30-32-33-34-35-36-37-39-40-42-44-46-48-50-52-54-56-58-60-62-68(72)67(66-77-78(74,75)76-65-64-71(3,4)5)70-69(73)63-61-59-57-55-53-51-49-47-45-43-41-38-31-29-27-25-23-21-19-17-15-13-11-9-7-2/h19,21,25,27,31,38,52,54,60,62,67-68,72H,6-18,20,22-24,26,28-30,32-37,39-51,53,55-59,61,63-66H2,1-5H3,(H-,70,73,74,75)/b21-19-,27-25-,38-31-,54-52+,62-60+. The Labute approximate surface area is 485 Å². The van der Waals surface area contributed by atoms with Crippen LogP contribution in [-0.4, -0.2) is 68.5 Å². The Bertz CT molecular complexity index is 1450. The molecule has 0 aliphatic rings. The maximum atomic E-state index is 13.0. The fraction of sp³-hybridized carbons (Fsp3) is 0.841. The summed E-state index contributed by atoms with van der Waals surface area (Å²) in [6.45, 7) is 4.65. The Morgan fingerprint density at radius 2 is 0.756 bits per heavy atom. The molecular formula is C69H131N2O6P. The second-order valence-corrected chi connectivity index (χ2v) is 25.6. The highest BCUT2D eigenvalue weighted by Crippen LogP contribution is 2.38. The van der Waals surface area contributed by atoms with Gasteiger partial charge in [-0.1, -0.05) is 306 Å². The topological polar surface area (TPSA) is 108 Å². The Hall–Kier alpha value is -1.80. The summed E-state index contributed by atoms with van der Waals surface area (Å²) in [6.07, 6.45) is 81.9. The molecule has 3 unspecified atom stereocenters. The molecule has 0 bridgehead atoms. The van der Waals surface area contributed by atoms with Crippen molar-refractivity contribution < 1.29 is 32.9 Å². The van der Waals surface area contributed by atoms with Gasteiger partial charge in [0.05, 0.1) is 39.9 Å². The first-order chi connectivity index (χ1) is 38.0. The van der Waals surface area contributed by atoms with Gasteiger partial charge in [0.1, 0.15) is 13.2 Å². The van der Waals surface area contributed by atoms with Crippen LogP contribution in [0.4, 0.5) is 0 Å². The normalized spacial score (nSPS) is 14.1. The van der Waals surface area contributed by atoms with E-state index < -0.39 is 26.6 Å². The van der Waals surface area contributed by atoms with E-state index >= 15 is 0 Å². The maximum absolute atomic E-state index is 13.0. The van der Waals surface area contributed by atoms with Crippen molar-refractivity contribution in [2.45, 2.75) is 334 Å². The molecule has 0 spiro atoms. The zero-order valence-electron chi connectivity index (χ0n) is 52.4. The third-order valence-corrected chi connectivity index (χ3v) is 16.2. The van der Waals surface area contributed by atoms with Crippen LogP contribution in [0, 0.1) is 0 Å². The summed E-state index contributed by atoms with van der Waals surface area (Å²) in [7, 11) is 1.24. The number of unbranched alkanes of at least 4 members (excludes halogenated alkanes) is 41. The van der Waals surface area contributed by atoms with Crippen LogP contribution in [0.5, 0.6) is 0 Å². The number of aliphatic hydroxyl groups is 1. The van der Waals surface area contributed by atoms with Gasteiger partial charge in [-0.25, -0.2) is 0 Å². The molecule has 458 valence electrons. The lowest BCUT2D eigenvalue weighted by molar-refractivity contribution is -0.870. The number of allylic oxidation sites excluding steroid dienone is 9. The minimum absolute atomic E-state index is 0.00858. The molecule has 0 fully saturated rings. The van der Waals surface area contributed by atoms with Crippen LogP contribution in [0.15, 0.2) is 60.8 Å². The van der Waals surface area contributed by atoms with E-state index in [1.54, 1.807) is 6.08 Å². The van der Waals surface area contributed by atoms with Crippen molar-refractivity contribution in [1.82, 2.24) is 5.32 Å². The Morgan fingerprint density at radius 3 is 1.13 bits per heavy atom. The largest absolute Gasteiger partial charge is 0.756 e. The molecule has 0 aromatic rings. The lowest BCUT2D eigenvalue weighted by atomic mass is 10.0. The fourth-order valence-corrected chi connectivity index (χ4v) is 10.7. The van der Waals surface area contributed by atoms with E-state index in [0.717, 1.165) is 51.4 Å². The molecule has 0 aliphatic carbocycles. The summed E-state index contributed by atoms with van der Waals surface area (Å²) >= 11 is 0. The third-order valence-electron chi connectivity index (χ3n) is 15.2. The Kier molecular flexibility index (Phi) is 58.4. The number of amides is 1. The van der Waals surface area contributed by atoms with Crippen molar-refractivity contribution >= 4 is 13.7 Å². The lowest BCUT2D eigenvalue weighted by Gasteiger charge is -2.29. The number of hydrogen-bond donors (Lipinski definition) is 2. The van der Waals surface area contributed by atoms with Crippen LogP contribution in [-0.2, 0) is 18.4 Å². The van der Waals surface area contributed by atoms with Crippen molar-refractivity contribution in [2.24, 2.45) is 0 Å². The zero-order chi connectivity index (χ0) is 57.0. The number of nitrogens with one attached hydrogen (secondary N) is 1. The van der Waals surface area contributed by atoms with Gasteiger partial charge >= 0.3 is 0 Å². The van der Waals surface area contributed by atoms with Crippen LogP contribution in [0.2, 0.25) is 0 Å². The van der Waals surface area contributed by atoms with Crippen LogP contribution in [0.25, 0.3) is 0 Å². The lowest BCUT2D eigenvalue weighted by Crippen LogP contribution is -2.45. The average molecular weight is 1120 g/mol. The molecule has 0 aromatic carbocycles.